The first-order valence-corrected chi connectivity index (χ1v) is 9.37. The number of ether oxygens (including phenoxy) is 3. The van der Waals surface area contributed by atoms with E-state index in [1.165, 1.54) is 0 Å². The Morgan fingerprint density at radius 3 is 2.50 bits per heavy atom. The zero-order valence-electron chi connectivity index (χ0n) is 16.9. The molecule has 1 aromatic heterocycles. The summed E-state index contributed by atoms with van der Waals surface area (Å²) < 4.78 is 17.1. The van der Waals surface area contributed by atoms with Crippen LogP contribution in [0.5, 0.6) is 17.4 Å². The molecule has 1 aromatic carbocycles. The highest BCUT2D eigenvalue weighted by Gasteiger charge is 2.38. The average molecular weight is 382 g/mol. The van der Waals surface area contributed by atoms with Crippen LogP contribution in [0.2, 0.25) is 0 Å². The predicted octanol–water partition coefficient (Wildman–Crippen LogP) is 3.72. The highest BCUT2D eigenvalue weighted by atomic mass is 16.5. The third-order valence-electron chi connectivity index (χ3n) is 4.59. The van der Waals surface area contributed by atoms with Crippen molar-refractivity contribution in [3.63, 3.8) is 0 Å². The van der Waals surface area contributed by atoms with Crippen molar-refractivity contribution in [2.75, 3.05) is 13.2 Å². The number of aromatic amines is 1. The molecule has 2 heterocycles. The van der Waals surface area contributed by atoms with Crippen LogP contribution in [0.1, 0.15) is 57.4 Å². The van der Waals surface area contributed by atoms with E-state index in [2.05, 4.69) is 37.0 Å². The van der Waals surface area contributed by atoms with Crippen LogP contribution in [0.25, 0.3) is 0 Å². The lowest BCUT2D eigenvalue weighted by molar-refractivity contribution is 0.287. The third kappa shape index (κ3) is 3.38. The maximum absolute atomic E-state index is 9.81. The molecule has 0 amide bonds. The number of allylic oxidation sites excluding steroid dienone is 1. The standard InChI is InChI=1S/C21H26N4O3/c1-6-26-14-9-8-12(10-15(14)27-7-2)16-13(11-22)19(23)28-20-17(16)18(24-25-20)21(3,4)5/h8-10,16H,6-7,23H2,1-5H3,(H,24,25)/t16-/m0/s1. The molecule has 1 atom stereocenters. The molecule has 28 heavy (non-hydrogen) atoms. The van der Waals surface area contributed by atoms with Gasteiger partial charge in [0.1, 0.15) is 11.6 Å². The molecule has 2 aromatic rings. The molecule has 1 aliphatic heterocycles. The van der Waals surface area contributed by atoms with Gasteiger partial charge in [-0.2, -0.15) is 5.26 Å². The summed E-state index contributed by atoms with van der Waals surface area (Å²) in [6.07, 6.45) is 0. The van der Waals surface area contributed by atoms with E-state index in [1.807, 2.05) is 32.0 Å². The first-order chi connectivity index (χ1) is 13.3. The molecule has 0 aliphatic carbocycles. The number of fused-ring (bicyclic) bond motifs is 1. The summed E-state index contributed by atoms with van der Waals surface area (Å²) in [6.45, 7) is 11.1. The molecule has 3 rings (SSSR count). The summed E-state index contributed by atoms with van der Waals surface area (Å²) in [7, 11) is 0. The van der Waals surface area contributed by atoms with Crippen molar-refractivity contribution in [2.24, 2.45) is 5.73 Å². The minimum absolute atomic E-state index is 0.0683. The van der Waals surface area contributed by atoms with E-state index in [9.17, 15) is 5.26 Å². The Kier molecular flexibility index (Phi) is 5.23. The number of aromatic nitrogens is 2. The number of nitriles is 1. The molecule has 0 saturated carbocycles. The minimum atomic E-state index is -0.406. The molecule has 0 spiro atoms. The Morgan fingerprint density at radius 2 is 1.89 bits per heavy atom. The maximum Gasteiger partial charge on any atom is 0.244 e. The summed E-state index contributed by atoms with van der Waals surface area (Å²) in [5.41, 5.74) is 8.77. The molecule has 1 aliphatic rings. The van der Waals surface area contributed by atoms with Crippen LogP contribution in [-0.4, -0.2) is 23.4 Å². The summed E-state index contributed by atoms with van der Waals surface area (Å²) in [4.78, 5) is 0. The lowest BCUT2D eigenvalue weighted by atomic mass is 9.79. The van der Waals surface area contributed by atoms with Crippen LogP contribution in [0.3, 0.4) is 0 Å². The second kappa shape index (κ2) is 7.47. The second-order valence-electron chi connectivity index (χ2n) is 7.56. The lowest BCUT2D eigenvalue weighted by Gasteiger charge is -2.27. The quantitative estimate of drug-likeness (QED) is 0.816. The first-order valence-electron chi connectivity index (χ1n) is 9.37. The van der Waals surface area contributed by atoms with Gasteiger partial charge in [0, 0.05) is 11.1 Å². The van der Waals surface area contributed by atoms with E-state index >= 15 is 0 Å². The van der Waals surface area contributed by atoms with Crippen molar-refractivity contribution in [3.8, 4) is 23.4 Å². The van der Waals surface area contributed by atoms with Gasteiger partial charge in [-0.3, -0.25) is 5.10 Å². The number of rotatable bonds is 5. The number of nitrogens with two attached hydrogens (primary N) is 1. The first kappa shape index (κ1) is 19.6. The third-order valence-corrected chi connectivity index (χ3v) is 4.59. The van der Waals surface area contributed by atoms with E-state index < -0.39 is 5.92 Å². The molecule has 148 valence electrons. The van der Waals surface area contributed by atoms with Crippen molar-refractivity contribution in [2.45, 2.75) is 46.0 Å². The molecule has 0 saturated heterocycles. The second-order valence-corrected chi connectivity index (χ2v) is 7.56. The van der Waals surface area contributed by atoms with Gasteiger partial charge in [-0.05, 0) is 31.5 Å². The molecule has 7 nitrogen and oxygen atoms in total. The fourth-order valence-corrected chi connectivity index (χ4v) is 3.40. The topological polar surface area (TPSA) is 106 Å². The van der Waals surface area contributed by atoms with Gasteiger partial charge in [0.25, 0.3) is 0 Å². The molecule has 0 unspecified atom stereocenters. The van der Waals surface area contributed by atoms with E-state index in [-0.39, 0.29) is 11.3 Å². The molecule has 0 fully saturated rings. The zero-order chi connectivity index (χ0) is 20.5. The summed E-state index contributed by atoms with van der Waals surface area (Å²) in [5.74, 6) is 1.36. The van der Waals surface area contributed by atoms with E-state index in [1.54, 1.807) is 0 Å². The van der Waals surface area contributed by atoms with Crippen molar-refractivity contribution in [3.05, 3.63) is 46.5 Å². The van der Waals surface area contributed by atoms with Crippen LogP contribution in [0.15, 0.2) is 29.7 Å². The molecule has 3 N–H and O–H groups in total. The van der Waals surface area contributed by atoms with Crippen molar-refractivity contribution < 1.29 is 14.2 Å². The van der Waals surface area contributed by atoms with E-state index in [0.29, 0.717) is 36.2 Å². The number of H-pyrrole nitrogens is 1. The fourth-order valence-electron chi connectivity index (χ4n) is 3.40. The normalized spacial score (nSPS) is 16.2. The lowest BCUT2D eigenvalue weighted by Crippen LogP contribution is -2.24. The minimum Gasteiger partial charge on any atom is -0.490 e. The van der Waals surface area contributed by atoms with Crippen LogP contribution >= 0.6 is 0 Å². The van der Waals surface area contributed by atoms with E-state index in [4.69, 9.17) is 19.9 Å². The van der Waals surface area contributed by atoms with Gasteiger partial charge >= 0.3 is 0 Å². The number of nitrogens with zero attached hydrogens (tertiary/aromatic N) is 2. The number of nitrogens with one attached hydrogen (secondary N) is 1. The highest BCUT2D eigenvalue weighted by Crippen LogP contribution is 2.46. The Morgan fingerprint density at radius 1 is 1.21 bits per heavy atom. The fraction of sp³-hybridized carbons (Fsp3) is 0.429. The summed E-state index contributed by atoms with van der Waals surface area (Å²) in [6, 6.07) is 7.91. The van der Waals surface area contributed by atoms with Gasteiger partial charge in [-0.15, -0.1) is 5.10 Å². The Hall–Kier alpha value is -3.14. The van der Waals surface area contributed by atoms with Gasteiger partial charge in [-0.1, -0.05) is 26.8 Å². The Labute approximate surface area is 165 Å². The Balaban J connectivity index is 2.21. The number of benzene rings is 1. The van der Waals surface area contributed by atoms with Crippen LogP contribution in [0, 0.1) is 11.3 Å². The van der Waals surface area contributed by atoms with Gasteiger partial charge in [0.2, 0.25) is 11.8 Å². The molecular weight excluding hydrogens is 356 g/mol. The maximum atomic E-state index is 9.81. The highest BCUT2D eigenvalue weighted by molar-refractivity contribution is 5.58. The molecule has 7 heteroatoms. The van der Waals surface area contributed by atoms with Gasteiger partial charge < -0.3 is 19.9 Å². The van der Waals surface area contributed by atoms with Crippen molar-refractivity contribution >= 4 is 0 Å². The number of hydrogen-bond acceptors (Lipinski definition) is 6. The van der Waals surface area contributed by atoms with E-state index in [0.717, 1.165) is 16.8 Å². The van der Waals surface area contributed by atoms with Crippen LogP contribution < -0.4 is 19.9 Å². The summed E-state index contributed by atoms with van der Waals surface area (Å²) in [5, 5.41) is 17.2. The molecule has 0 radical (unpaired) electrons. The molecule has 0 bridgehead atoms. The Bertz CT molecular complexity index is 948. The smallest absolute Gasteiger partial charge is 0.244 e. The van der Waals surface area contributed by atoms with Crippen molar-refractivity contribution in [1.29, 1.82) is 5.26 Å². The average Bonchev–Trinajstić information content (AvgIpc) is 3.06. The monoisotopic (exact) mass is 382 g/mol. The number of hydrogen-bond donors (Lipinski definition) is 2. The van der Waals surface area contributed by atoms with Crippen LogP contribution in [0.4, 0.5) is 0 Å². The predicted molar refractivity (Wildman–Crippen MR) is 105 cm³/mol. The van der Waals surface area contributed by atoms with Gasteiger partial charge in [-0.25, -0.2) is 0 Å². The SMILES string of the molecule is CCOc1ccc([C@H]2C(C#N)=C(N)Oc3n[nH]c(C(C)(C)C)c32)cc1OCC. The molecular formula is C21H26N4O3. The largest absolute Gasteiger partial charge is 0.490 e. The van der Waals surface area contributed by atoms with Crippen molar-refractivity contribution in [1.82, 2.24) is 10.2 Å². The summed E-state index contributed by atoms with van der Waals surface area (Å²) >= 11 is 0. The van der Waals surface area contributed by atoms with Gasteiger partial charge in [0.05, 0.1) is 24.7 Å². The van der Waals surface area contributed by atoms with Crippen LogP contribution in [-0.2, 0) is 5.41 Å². The van der Waals surface area contributed by atoms with Gasteiger partial charge in [0.15, 0.2) is 11.5 Å². The zero-order valence-corrected chi connectivity index (χ0v) is 16.9.